The minimum atomic E-state index is -0.134. The van der Waals surface area contributed by atoms with Crippen LogP contribution >= 0.6 is 11.3 Å². The van der Waals surface area contributed by atoms with Crippen LogP contribution < -0.4 is 19.5 Å². The minimum absolute atomic E-state index is 0.134. The first-order valence-corrected chi connectivity index (χ1v) is 9.77. The fourth-order valence-corrected chi connectivity index (χ4v) is 4.59. The van der Waals surface area contributed by atoms with E-state index in [9.17, 15) is 4.79 Å². The van der Waals surface area contributed by atoms with Crippen molar-refractivity contribution in [2.24, 2.45) is 0 Å². The van der Waals surface area contributed by atoms with E-state index < -0.39 is 0 Å². The summed E-state index contributed by atoms with van der Waals surface area (Å²) >= 11 is 1.52. The number of amides is 1. The number of anilines is 1. The van der Waals surface area contributed by atoms with Crippen molar-refractivity contribution in [2.45, 2.75) is 12.8 Å². The number of methoxy groups -OCH3 is 3. The highest BCUT2D eigenvalue weighted by molar-refractivity contribution is 7.17. The van der Waals surface area contributed by atoms with Gasteiger partial charge in [-0.15, -0.1) is 11.3 Å². The molecule has 0 bridgehead atoms. The van der Waals surface area contributed by atoms with Gasteiger partial charge in [-0.2, -0.15) is 0 Å². The molecule has 0 spiro atoms. The Hall–Kier alpha value is -2.99. The Kier molecular flexibility index (Phi) is 4.96. The largest absolute Gasteiger partial charge is 0.497 e. The van der Waals surface area contributed by atoms with Crippen LogP contribution in [-0.2, 0) is 12.8 Å². The van der Waals surface area contributed by atoms with Crippen LogP contribution in [0.5, 0.6) is 17.2 Å². The van der Waals surface area contributed by atoms with E-state index in [1.807, 2.05) is 12.1 Å². The number of benzene rings is 2. The molecule has 0 radical (unpaired) electrons. The number of fused-ring (bicyclic) bond motifs is 3. The topological polar surface area (TPSA) is 56.8 Å². The van der Waals surface area contributed by atoms with Crippen molar-refractivity contribution in [1.82, 2.24) is 0 Å². The van der Waals surface area contributed by atoms with Crippen molar-refractivity contribution >= 4 is 22.9 Å². The molecule has 0 fully saturated rings. The standard InChI is InChI=1S/C22H21NO4S/c1-25-16-6-7-19-13(8-16)4-5-14-9-20(28-21(14)19)22(24)23-15-10-17(26-2)12-18(11-15)27-3/h6-12H,4-5H2,1-3H3,(H,23,24). The van der Waals surface area contributed by atoms with E-state index in [0.29, 0.717) is 22.1 Å². The molecule has 4 rings (SSSR count). The zero-order valence-corrected chi connectivity index (χ0v) is 16.8. The van der Waals surface area contributed by atoms with Gasteiger partial charge in [-0.1, -0.05) is 0 Å². The van der Waals surface area contributed by atoms with Crippen molar-refractivity contribution in [2.75, 3.05) is 26.6 Å². The highest BCUT2D eigenvalue weighted by Crippen LogP contribution is 2.41. The van der Waals surface area contributed by atoms with Crippen LogP contribution in [0.1, 0.15) is 20.8 Å². The molecular formula is C22H21NO4S. The van der Waals surface area contributed by atoms with Gasteiger partial charge < -0.3 is 19.5 Å². The van der Waals surface area contributed by atoms with E-state index >= 15 is 0 Å². The molecule has 3 aromatic rings. The molecule has 0 atom stereocenters. The lowest BCUT2D eigenvalue weighted by Gasteiger charge is -2.16. The Bertz CT molecular complexity index is 1020. The van der Waals surface area contributed by atoms with E-state index in [1.54, 1.807) is 39.5 Å². The van der Waals surface area contributed by atoms with E-state index in [2.05, 4.69) is 17.4 Å². The maximum absolute atomic E-state index is 12.8. The van der Waals surface area contributed by atoms with E-state index in [-0.39, 0.29) is 5.91 Å². The molecule has 1 heterocycles. The second-order valence-electron chi connectivity index (χ2n) is 6.54. The van der Waals surface area contributed by atoms with Gasteiger partial charge in [0.1, 0.15) is 17.2 Å². The quantitative estimate of drug-likeness (QED) is 0.675. The van der Waals surface area contributed by atoms with E-state index in [4.69, 9.17) is 14.2 Å². The summed E-state index contributed by atoms with van der Waals surface area (Å²) in [6.07, 6.45) is 1.87. The van der Waals surface area contributed by atoms with Crippen LogP contribution in [0, 0.1) is 0 Å². The Morgan fingerprint density at radius 2 is 1.54 bits per heavy atom. The number of rotatable bonds is 5. The second kappa shape index (κ2) is 7.56. The number of thiophene rings is 1. The van der Waals surface area contributed by atoms with Crippen molar-refractivity contribution < 1.29 is 19.0 Å². The first-order valence-electron chi connectivity index (χ1n) is 8.95. The van der Waals surface area contributed by atoms with Gasteiger partial charge >= 0.3 is 0 Å². The molecule has 1 amide bonds. The molecule has 0 unspecified atom stereocenters. The molecule has 28 heavy (non-hydrogen) atoms. The predicted octanol–water partition coefficient (Wildman–Crippen LogP) is 4.79. The normalized spacial score (nSPS) is 12.0. The summed E-state index contributed by atoms with van der Waals surface area (Å²) in [6, 6.07) is 13.4. The van der Waals surface area contributed by atoms with Gasteiger partial charge in [-0.05, 0) is 53.8 Å². The van der Waals surface area contributed by atoms with Crippen LogP contribution in [0.2, 0.25) is 0 Å². The van der Waals surface area contributed by atoms with Crippen molar-refractivity contribution in [3.8, 4) is 27.7 Å². The van der Waals surface area contributed by atoms with E-state index in [1.165, 1.54) is 28.0 Å². The number of hydrogen-bond acceptors (Lipinski definition) is 5. The summed E-state index contributed by atoms with van der Waals surface area (Å²) in [5.41, 5.74) is 4.31. The first kappa shape index (κ1) is 18.4. The molecular weight excluding hydrogens is 374 g/mol. The molecule has 5 nitrogen and oxygen atoms in total. The number of hydrogen-bond donors (Lipinski definition) is 1. The van der Waals surface area contributed by atoms with Gasteiger partial charge in [-0.25, -0.2) is 0 Å². The fourth-order valence-electron chi connectivity index (χ4n) is 3.42. The molecule has 0 aliphatic heterocycles. The Balaban J connectivity index is 1.61. The third-order valence-corrected chi connectivity index (χ3v) is 6.07. The molecule has 0 saturated heterocycles. The molecule has 144 valence electrons. The molecule has 0 saturated carbocycles. The van der Waals surface area contributed by atoms with Crippen LogP contribution in [0.3, 0.4) is 0 Å². The fraction of sp³-hybridized carbons (Fsp3) is 0.227. The highest BCUT2D eigenvalue weighted by atomic mass is 32.1. The second-order valence-corrected chi connectivity index (χ2v) is 7.60. The first-order chi connectivity index (χ1) is 13.6. The van der Waals surface area contributed by atoms with Crippen LogP contribution in [-0.4, -0.2) is 27.2 Å². The van der Waals surface area contributed by atoms with Gasteiger partial charge in [0.05, 0.1) is 26.2 Å². The van der Waals surface area contributed by atoms with Crippen LogP contribution in [0.4, 0.5) is 5.69 Å². The number of nitrogens with one attached hydrogen (secondary N) is 1. The maximum atomic E-state index is 12.8. The van der Waals surface area contributed by atoms with Crippen LogP contribution in [0.15, 0.2) is 42.5 Å². The monoisotopic (exact) mass is 395 g/mol. The van der Waals surface area contributed by atoms with Crippen molar-refractivity contribution in [3.05, 3.63) is 58.5 Å². The average Bonchev–Trinajstić information content (AvgIpc) is 3.17. The number of carbonyl (C=O) groups excluding carboxylic acids is 1. The lowest BCUT2D eigenvalue weighted by atomic mass is 9.91. The van der Waals surface area contributed by atoms with Gasteiger partial charge in [0, 0.05) is 28.8 Å². The Labute approximate surface area is 167 Å². The molecule has 1 N–H and O–H groups in total. The molecule has 1 aliphatic rings. The lowest BCUT2D eigenvalue weighted by Crippen LogP contribution is -2.10. The summed E-state index contributed by atoms with van der Waals surface area (Å²) in [7, 11) is 4.84. The number of carbonyl (C=O) groups is 1. The zero-order chi connectivity index (χ0) is 19.7. The third-order valence-electron chi connectivity index (χ3n) is 4.86. The zero-order valence-electron chi connectivity index (χ0n) is 16.0. The summed E-state index contributed by atoms with van der Waals surface area (Å²) < 4.78 is 15.9. The average molecular weight is 395 g/mol. The molecule has 1 aromatic heterocycles. The molecule has 6 heteroatoms. The molecule has 1 aliphatic carbocycles. The van der Waals surface area contributed by atoms with E-state index in [0.717, 1.165) is 23.5 Å². The predicted molar refractivity (Wildman–Crippen MR) is 111 cm³/mol. The SMILES string of the molecule is COc1cc(NC(=O)c2cc3c(s2)-c2ccc(OC)cc2CC3)cc(OC)c1. The van der Waals surface area contributed by atoms with Gasteiger partial charge in [0.2, 0.25) is 0 Å². The summed E-state index contributed by atoms with van der Waals surface area (Å²) in [5, 5.41) is 2.95. The van der Waals surface area contributed by atoms with Crippen molar-refractivity contribution in [3.63, 3.8) is 0 Å². The Morgan fingerprint density at radius 1 is 0.857 bits per heavy atom. The maximum Gasteiger partial charge on any atom is 0.265 e. The van der Waals surface area contributed by atoms with Crippen molar-refractivity contribution in [1.29, 1.82) is 0 Å². The number of aryl methyl sites for hydroxylation is 2. The summed E-state index contributed by atoms with van der Waals surface area (Å²) in [6.45, 7) is 0. The summed E-state index contributed by atoms with van der Waals surface area (Å²) in [5.74, 6) is 1.99. The van der Waals surface area contributed by atoms with Gasteiger partial charge in [0.15, 0.2) is 0 Å². The van der Waals surface area contributed by atoms with Gasteiger partial charge in [-0.3, -0.25) is 4.79 Å². The molecule has 2 aromatic carbocycles. The van der Waals surface area contributed by atoms with Crippen LogP contribution in [0.25, 0.3) is 10.4 Å². The summed E-state index contributed by atoms with van der Waals surface area (Å²) in [4.78, 5) is 14.7. The minimum Gasteiger partial charge on any atom is -0.497 e. The smallest absolute Gasteiger partial charge is 0.265 e. The Morgan fingerprint density at radius 3 is 2.21 bits per heavy atom. The number of ether oxygens (including phenoxy) is 3. The third kappa shape index (κ3) is 3.43. The highest BCUT2D eigenvalue weighted by Gasteiger charge is 2.22. The van der Waals surface area contributed by atoms with Gasteiger partial charge in [0.25, 0.3) is 5.91 Å². The lowest BCUT2D eigenvalue weighted by molar-refractivity contribution is 0.103.